The van der Waals surface area contributed by atoms with E-state index in [9.17, 15) is 4.79 Å². The molecule has 1 fully saturated rings. The van der Waals surface area contributed by atoms with Gasteiger partial charge in [0, 0.05) is 29.7 Å². The van der Waals surface area contributed by atoms with Gasteiger partial charge < -0.3 is 10.1 Å². The molecule has 0 spiro atoms. The standard InChI is InChI=1S/C17H21N3O2S2/c1-11-2-5-24-16(11)7-18-14-8-22-9-15(14)20-17(21)6-12-10-23-4-3-13(12)19-20/h2,5-6,14-15,18H,3-4,7-10H2,1H3. The molecule has 128 valence electrons. The van der Waals surface area contributed by atoms with Crippen LogP contribution in [0.3, 0.4) is 0 Å². The number of ether oxygens (including phenoxy) is 1. The second kappa shape index (κ2) is 7.00. The molecule has 0 amide bonds. The van der Waals surface area contributed by atoms with Crippen LogP contribution in [0.25, 0.3) is 0 Å². The summed E-state index contributed by atoms with van der Waals surface area (Å²) in [7, 11) is 0. The fraction of sp³-hybridized carbons (Fsp3) is 0.529. The Balaban J connectivity index is 1.54. The maximum Gasteiger partial charge on any atom is 0.267 e. The monoisotopic (exact) mass is 363 g/mol. The third-order valence-corrected chi connectivity index (χ3v) is 6.75. The number of aryl methyl sites for hydroxylation is 2. The van der Waals surface area contributed by atoms with Crippen LogP contribution in [-0.2, 0) is 23.5 Å². The molecule has 2 aromatic heterocycles. The molecule has 5 nitrogen and oxygen atoms in total. The first-order valence-corrected chi connectivity index (χ1v) is 10.3. The topological polar surface area (TPSA) is 56.1 Å². The summed E-state index contributed by atoms with van der Waals surface area (Å²) < 4.78 is 7.31. The first-order valence-electron chi connectivity index (χ1n) is 8.26. The van der Waals surface area contributed by atoms with Crippen molar-refractivity contribution in [2.24, 2.45) is 0 Å². The maximum atomic E-state index is 12.5. The van der Waals surface area contributed by atoms with Gasteiger partial charge in [-0.25, -0.2) is 4.68 Å². The number of hydrogen-bond donors (Lipinski definition) is 1. The summed E-state index contributed by atoms with van der Waals surface area (Å²) in [4.78, 5) is 13.9. The van der Waals surface area contributed by atoms with Gasteiger partial charge in [0.25, 0.3) is 5.56 Å². The van der Waals surface area contributed by atoms with Crippen molar-refractivity contribution >= 4 is 23.1 Å². The molecule has 1 saturated heterocycles. The van der Waals surface area contributed by atoms with E-state index in [4.69, 9.17) is 4.74 Å². The Morgan fingerprint density at radius 1 is 1.46 bits per heavy atom. The average Bonchev–Trinajstić information content (AvgIpc) is 3.21. The first-order chi connectivity index (χ1) is 11.7. The zero-order chi connectivity index (χ0) is 16.5. The van der Waals surface area contributed by atoms with E-state index < -0.39 is 0 Å². The molecule has 1 N–H and O–H groups in total. The highest BCUT2D eigenvalue weighted by molar-refractivity contribution is 7.98. The second-order valence-electron chi connectivity index (χ2n) is 6.32. The molecule has 2 atom stereocenters. The van der Waals surface area contributed by atoms with Crippen molar-refractivity contribution in [2.75, 3.05) is 19.0 Å². The summed E-state index contributed by atoms with van der Waals surface area (Å²) in [5, 5.41) is 10.4. The van der Waals surface area contributed by atoms with Gasteiger partial charge in [-0.05, 0) is 35.2 Å². The summed E-state index contributed by atoms with van der Waals surface area (Å²) >= 11 is 3.63. The van der Waals surface area contributed by atoms with Gasteiger partial charge in [-0.3, -0.25) is 4.79 Å². The third kappa shape index (κ3) is 3.18. The van der Waals surface area contributed by atoms with Crippen molar-refractivity contribution in [1.82, 2.24) is 15.1 Å². The molecule has 0 bridgehead atoms. The van der Waals surface area contributed by atoms with Crippen LogP contribution < -0.4 is 10.9 Å². The smallest absolute Gasteiger partial charge is 0.267 e. The van der Waals surface area contributed by atoms with Crippen LogP contribution >= 0.6 is 23.1 Å². The van der Waals surface area contributed by atoms with E-state index >= 15 is 0 Å². The van der Waals surface area contributed by atoms with Gasteiger partial charge in [0.1, 0.15) is 0 Å². The number of fused-ring (bicyclic) bond motifs is 1. The summed E-state index contributed by atoms with van der Waals surface area (Å²) in [5.74, 6) is 1.98. The van der Waals surface area contributed by atoms with Gasteiger partial charge in [-0.1, -0.05) is 0 Å². The van der Waals surface area contributed by atoms with E-state index in [0.29, 0.717) is 13.2 Å². The Labute approximate surface area is 149 Å². The highest BCUT2D eigenvalue weighted by Gasteiger charge is 2.31. The lowest BCUT2D eigenvalue weighted by molar-refractivity contribution is 0.180. The summed E-state index contributed by atoms with van der Waals surface area (Å²) in [6.45, 7) is 4.10. The van der Waals surface area contributed by atoms with Gasteiger partial charge >= 0.3 is 0 Å². The maximum absolute atomic E-state index is 12.5. The van der Waals surface area contributed by atoms with E-state index in [2.05, 4.69) is 28.8 Å². The minimum atomic E-state index is -0.0300. The quantitative estimate of drug-likeness (QED) is 0.902. The van der Waals surface area contributed by atoms with Crippen LogP contribution in [0.1, 0.15) is 27.7 Å². The van der Waals surface area contributed by atoms with E-state index in [1.54, 1.807) is 22.1 Å². The summed E-state index contributed by atoms with van der Waals surface area (Å²) in [6, 6.07) is 4.00. The highest BCUT2D eigenvalue weighted by Crippen LogP contribution is 2.24. The van der Waals surface area contributed by atoms with E-state index in [1.165, 1.54) is 10.4 Å². The molecule has 4 rings (SSSR count). The normalized spacial score (nSPS) is 23.4. The minimum Gasteiger partial charge on any atom is -0.377 e. The molecular weight excluding hydrogens is 342 g/mol. The van der Waals surface area contributed by atoms with Gasteiger partial charge in [0.2, 0.25) is 0 Å². The minimum absolute atomic E-state index is 0.00847. The zero-order valence-electron chi connectivity index (χ0n) is 13.7. The SMILES string of the molecule is Cc1ccsc1CNC1COCC1n1nc2c(cc1=O)CSCC2. The molecule has 2 unspecified atom stereocenters. The fourth-order valence-corrected chi connectivity index (χ4v) is 5.06. The number of aromatic nitrogens is 2. The van der Waals surface area contributed by atoms with Crippen molar-refractivity contribution < 1.29 is 4.74 Å². The van der Waals surface area contributed by atoms with Crippen LogP contribution in [0.4, 0.5) is 0 Å². The van der Waals surface area contributed by atoms with Crippen LogP contribution in [0.15, 0.2) is 22.3 Å². The Hall–Kier alpha value is -1.15. The molecular formula is C17H21N3O2S2. The molecule has 24 heavy (non-hydrogen) atoms. The van der Waals surface area contributed by atoms with E-state index in [-0.39, 0.29) is 17.6 Å². The molecule has 0 aliphatic carbocycles. The molecule has 7 heteroatoms. The number of hydrogen-bond acceptors (Lipinski definition) is 6. The predicted molar refractivity (Wildman–Crippen MR) is 97.9 cm³/mol. The lowest BCUT2D eigenvalue weighted by atomic mass is 10.1. The van der Waals surface area contributed by atoms with E-state index in [1.807, 2.05) is 11.8 Å². The lowest BCUT2D eigenvalue weighted by Gasteiger charge is -2.22. The largest absolute Gasteiger partial charge is 0.377 e. The molecule has 2 aliphatic heterocycles. The second-order valence-corrected chi connectivity index (χ2v) is 8.43. The van der Waals surface area contributed by atoms with Gasteiger partial charge in [-0.15, -0.1) is 11.3 Å². The Morgan fingerprint density at radius 2 is 2.38 bits per heavy atom. The van der Waals surface area contributed by atoms with Crippen molar-refractivity contribution in [3.05, 3.63) is 49.6 Å². The van der Waals surface area contributed by atoms with Crippen LogP contribution in [0.2, 0.25) is 0 Å². The number of nitrogens with zero attached hydrogens (tertiary/aromatic N) is 2. The summed E-state index contributed by atoms with van der Waals surface area (Å²) in [6.07, 6.45) is 0.945. The molecule has 4 heterocycles. The Kier molecular flexibility index (Phi) is 4.76. The lowest BCUT2D eigenvalue weighted by Crippen LogP contribution is -2.41. The van der Waals surface area contributed by atoms with E-state index in [0.717, 1.165) is 35.7 Å². The van der Waals surface area contributed by atoms with Crippen molar-refractivity contribution in [1.29, 1.82) is 0 Å². The number of thiophene rings is 1. The highest BCUT2D eigenvalue weighted by atomic mass is 32.2. The van der Waals surface area contributed by atoms with Gasteiger partial charge in [0.05, 0.1) is 31.0 Å². The number of rotatable bonds is 4. The van der Waals surface area contributed by atoms with Crippen LogP contribution in [0, 0.1) is 6.92 Å². The van der Waals surface area contributed by atoms with Gasteiger partial charge in [0.15, 0.2) is 0 Å². The third-order valence-electron chi connectivity index (χ3n) is 4.72. The Morgan fingerprint density at radius 3 is 3.21 bits per heavy atom. The number of thioether (sulfide) groups is 1. The fourth-order valence-electron chi connectivity index (χ4n) is 3.25. The molecule has 0 radical (unpaired) electrons. The van der Waals surface area contributed by atoms with Crippen molar-refractivity contribution in [2.45, 2.75) is 37.7 Å². The zero-order valence-corrected chi connectivity index (χ0v) is 15.3. The van der Waals surface area contributed by atoms with Gasteiger partial charge in [-0.2, -0.15) is 16.9 Å². The first kappa shape index (κ1) is 16.3. The predicted octanol–water partition coefficient (Wildman–Crippen LogP) is 2.13. The number of nitrogens with one attached hydrogen (secondary N) is 1. The Bertz CT molecular complexity index is 786. The molecule has 0 aromatic carbocycles. The van der Waals surface area contributed by atoms with Crippen LogP contribution in [0.5, 0.6) is 0 Å². The molecule has 0 saturated carbocycles. The molecule has 2 aromatic rings. The average molecular weight is 364 g/mol. The van der Waals surface area contributed by atoms with Crippen LogP contribution in [-0.4, -0.2) is 34.8 Å². The van der Waals surface area contributed by atoms with Crippen molar-refractivity contribution in [3.8, 4) is 0 Å². The van der Waals surface area contributed by atoms with Crippen molar-refractivity contribution in [3.63, 3.8) is 0 Å². The summed E-state index contributed by atoms with van der Waals surface area (Å²) in [5.41, 5.74) is 3.48. The molecule has 2 aliphatic rings.